The number of aliphatic hydroxyl groups is 1. The average Bonchev–Trinajstić information content (AvgIpc) is 2.79. The van der Waals surface area contributed by atoms with Crippen molar-refractivity contribution in [2.75, 3.05) is 5.32 Å². The van der Waals surface area contributed by atoms with Crippen LogP contribution in [0.1, 0.15) is 49.7 Å². The predicted molar refractivity (Wildman–Crippen MR) is 117 cm³/mol. The molecule has 1 unspecified atom stereocenters. The molecule has 0 aliphatic heterocycles. The number of pyridine rings is 1. The highest BCUT2D eigenvalue weighted by Gasteiger charge is 2.41. The quantitative estimate of drug-likeness (QED) is 0.662. The zero-order valence-electron chi connectivity index (χ0n) is 17.0. The van der Waals surface area contributed by atoms with Crippen LogP contribution in [0.25, 0.3) is 10.9 Å². The van der Waals surface area contributed by atoms with Gasteiger partial charge in [0.2, 0.25) is 5.91 Å². The van der Waals surface area contributed by atoms with E-state index in [4.69, 9.17) is 5.26 Å². The van der Waals surface area contributed by atoms with E-state index in [0.717, 1.165) is 18.4 Å². The molecule has 0 bridgehead atoms. The highest BCUT2D eigenvalue weighted by Crippen LogP contribution is 2.43. The summed E-state index contributed by atoms with van der Waals surface area (Å²) in [5, 5.41) is 24.2. The fourth-order valence-electron chi connectivity index (χ4n) is 4.46. The Labute approximate surface area is 176 Å². The number of amides is 1. The first kappa shape index (κ1) is 20.1. The Morgan fingerprint density at radius 2 is 1.87 bits per heavy atom. The molecule has 1 heterocycles. The number of aromatic nitrogens is 1. The Balaban J connectivity index is 1.43. The van der Waals surface area contributed by atoms with Gasteiger partial charge in [0.1, 0.15) is 0 Å². The molecule has 1 aromatic heterocycles. The second-order valence-electron chi connectivity index (χ2n) is 8.20. The molecule has 0 saturated heterocycles. The van der Waals surface area contributed by atoms with Gasteiger partial charge in [0, 0.05) is 17.3 Å². The molecule has 2 aromatic carbocycles. The molecular formula is C25H25N3O2. The van der Waals surface area contributed by atoms with Gasteiger partial charge >= 0.3 is 0 Å². The smallest absolute Gasteiger partial charge is 0.230 e. The second-order valence-corrected chi connectivity index (χ2v) is 8.20. The van der Waals surface area contributed by atoms with Gasteiger partial charge < -0.3 is 10.4 Å². The second kappa shape index (κ2) is 8.25. The number of hydrogen-bond donors (Lipinski definition) is 2. The van der Waals surface area contributed by atoms with Crippen LogP contribution in [-0.4, -0.2) is 21.6 Å². The molecule has 30 heavy (non-hydrogen) atoms. The fourth-order valence-corrected chi connectivity index (χ4v) is 4.46. The largest absolute Gasteiger partial charge is 0.389 e. The summed E-state index contributed by atoms with van der Waals surface area (Å²) in [5.41, 5.74) is 2.42. The van der Waals surface area contributed by atoms with Gasteiger partial charge in [-0.1, -0.05) is 25.1 Å². The minimum atomic E-state index is -1.02. The van der Waals surface area contributed by atoms with Gasteiger partial charge in [-0.05, 0) is 73.6 Å². The average molecular weight is 399 g/mol. The first-order valence-corrected chi connectivity index (χ1v) is 10.4. The van der Waals surface area contributed by atoms with Crippen LogP contribution in [0.5, 0.6) is 0 Å². The SMILES string of the molecule is CC(C(=O)Nc1ccc(C#N)cc1)[C@]1(O)CC[C@H](c2ccnc3ccccc32)CC1. The lowest BCUT2D eigenvalue weighted by Gasteiger charge is -2.40. The van der Waals surface area contributed by atoms with Crippen molar-refractivity contribution in [1.29, 1.82) is 5.26 Å². The van der Waals surface area contributed by atoms with E-state index in [9.17, 15) is 9.90 Å². The maximum Gasteiger partial charge on any atom is 0.230 e. The zero-order valence-corrected chi connectivity index (χ0v) is 17.0. The number of carbonyl (C=O) groups is 1. The number of nitrogens with zero attached hydrogens (tertiary/aromatic N) is 2. The number of nitrogens with one attached hydrogen (secondary N) is 1. The molecule has 1 amide bonds. The molecule has 1 atom stereocenters. The van der Waals surface area contributed by atoms with Crippen LogP contribution in [0.3, 0.4) is 0 Å². The Kier molecular flexibility index (Phi) is 5.52. The molecule has 1 aliphatic rings. The van der Waals surface area contributed by atoms with E-state index in [1.54, 1.807) is 31.2 Å². The van der Waals surface area contributed by atoms with Crippen molar-refractivity contribution in [3.63, 3.8) is 0 Å². The number of fused-ring (bicyclic) bond motifs is 1. The Morgan fingerprint density at radius 3 is 2.57 bits per heavy atom. The maximum atomic E-state index is 12.8. The van der Waals surface area contributed by atoms with Crippen molar-refractivity contribution < 1.29 is 9.90 Å². The molecule has 3 aromatic rings. The highest BCUT2D eigenvalue weighted by molar-refractivity contribution is 5.93. The van der Waals surface area contributed by atoms with Crippen LogP contribution in [0.4, 0.5) is 5.69 Å². The first-order chi connectivity index (χ1) is 14.5. The summed E-state index contributed by atoms with van der Waals surface area (Å²) in [6.07, 6.45) is 4.68. The van der Waals surface area contributed by atoms with Crippen molar-refractivity contribution in [2.45, 2.75) is 44.1 Å². The lowest BCUT2D eigenvalue weighted by molar-refractivity contribution is -0.131. The van der Waals surface area contributed by atoms with Crippen LogP contribution in [0, 0.1) is 17.2 Å². The monoisotopic (exact) mass is 399 g/mol. The van der Waals surface area contributed by atoms with Crippen LogP contribution < -0.4 is 5.32 Å². The van der Waals surface area contributed by atoms with Crippen molar-refractivity contribution in [1.82, 2.24) is 4.98 Å². The number of para-hydroxylation sites is 1. The van der Waals surface area contributed by atoms with E-state index < -0.39 is 11.5 Å². The van der Waals surface area contributed by atoms with E-state index in [1.807, 2.05) is 24.4 Å². The molecule has 4 rings (SSSR count). The van der Waals surface area contributed by atoms with E-state index in [2.05, 4.69) is 28.5 Å². The van der Waals surface area contributed by atoms with Gasteiger partial charge in [-0.2, -0.15) is 5.26 Å². The van der Waals surface area contributed by atoms with Gasteiger partial charge in [-0.25, -0.2) is 0 Å². The van der Waals surface area contributed by atoms with E-state index in [0.29, 0.717) is 30.0 Å². The number of rotatable bonds is 4. The van der Waals surface area contributed by atoms with Crippen LogP contribution in [-0.2, 0) is 4.79 Å². The van der Waals surface area contributed by atoms with Crippen LogP contribution in [0.15, 0.2) is 60.8 Å². The van der Waals surface area contributed by atoms with Crippen molar-refractivity contribution >= 4 is 22.5 Å². The summed E-state index contributed by atoms with van der Waals surface area (Å²) in [5.74, 6) is -0.370. The number of carbonyl (C=O) groups excluding carboxylic acids is 1. The Hall–Kier alpha value is -3.23. The molecular weight excluding hydrogens is 374 g/mol. The zero-order chi connectivity index (χ0) is 21.1. The summed E-state index contributed by atoms with van der Waals surface area (Å²) in [7, 11) is 0. The summed E-state index contributed by atoms with van der Waals surface area (Å²) in [4.78, 5) is 17.2. The van der Waals surface area contributed by atoms with Crippen molar-refractivity contribution in [2.24, 2.45) is 5.92 Å². The Bertz CT molecular complexity index is 1090. The summed E-state index contributed by atoms with van der Waals surface area (Å²) in [6.45, 7) is 1.79. The van der Waals surface area contributed by atoms with Crippen LogP contribution in [0.2, 0.25) is 0 Å². The molecule has 2 N–H and O–H groups in total. The lowest BCUT2D eigenvalue weighted by atomic mass is 9.70. The van der Waals surface area contributed by atoms with Gasteiger partial charge in [-0.3, -0.25) is 9.78 Å². The van der Waals surface area contributed by atoms with Gasteiger partial charge in [0.05, 0.1) is 28.7 Å². The van der Waals surface area contributed by atoms with Crippen molar-refractivity contribution in [3.05, 3.63) is 71.9 Å². The van der Waals surface area contributed by atoms with Gasteiger partial charge in [-0.15, -0.1) is 0 Å². The minimum absolute atomic E-state index is 0.199. The summed E-state index contributed by atoms with van der Waals surface area (Å²) < 4.78 is 0. The van der Waals surface area contributed by atoms with Crippen LogP contribution >= 0.6 is 0 Å². The third kappa shape index (κ3) is 3.92. The van der Waals surface area contributed by atoms with E-state index >= 15 is 0 Å². The number of benzene rings is 2. The summed E-state index contributed by atoms with van der Waals surface area (Å²) >= 11 is 0. The van der Waals surface area contributed by atoms with Gasteiger partial charge in [0.15, 0.2) is 0 Å². The number of anilines is 1. The molecule has 5 heteroatoms. The Morgan fingerprint density at radius 1 is 1.17 bits per heavy atom. The topological polar surface area (TPSA) is 86.0 Å². The third-order valence-electron chi connectivity index (χ3n) is 6.45. The fraction of sp³-hybridized carbons (Fsp3) is 0.320. The number of nitriles is 1. The lowest BCUT2D eigenvalue weighted by Crippen LogP contribution is -2.45. The number of hydrogen-bond acceptors (Lipinski definition) is 4. The normalized spacial score (nSPS) is 22.2. The predicted octanol–water partition coefficient (Wildman–Crippen LogP) is 4.77. The van der Waals surface area contributed by atoms with E-state index in [1.165, 1.54) is 10.9 Å². The standard InChI is InChI=1S/C25H25N3O2/c1-17(24(29)28-20-8-6-18(16-26)7-9-20)25(30)13-10-19(11-14-25)21-12-15-27-23-5-3-2-4-22(21)23/h2-9,12,15,17,19,30H,10-11,13-14H2,1H3,(H,28,29)/t17?,19-,25-. The minimum Gasteiger partial charge on any atom is -0.389 e. The maximum absolute atomic E-state index is 12.8. The molecule has 1 aliphatic carbocycles. The van der Waals surface area contributed by atoms with E-state index in [-0.39, 0.29) is 5.91 Å². The highest BCUT2D eigenvalue weighted by atomic mass is 16.3. The third-order valence-corrected chi connectivity index (χ3v) is 6.45. The molecule has 5 nitrogen and oxygen atoms in total. The molecule has 1 saturated carbocycles. The molecule has 0 spiro atoms. The molecule has 152 valence electrons. The van der Waals surface area contributed by atoms with Crippen molar-refractivity contribution in [3.8, 4) is 6.07 Å². The molecule has 1 fully saturated rings. The first-order valence-electron chi connectivity index (χ1n) is 10.4. The van der Waals surface area contributed by atoms with Gasteiger partial charge in [0.25, 0.3) is 0 Å². The summed E-state index contributed by atoms with van der Waals surface area (Å²) in [6, 6.07) is 19.0. The molecule has 0 radical (unpaired) electrons.